The van der Waals surface area contributed by atoms with Crippen LogP contribution in [0, 0.1) is 6.92 Å². The number of rotatable bonds is 6. The Morgan fingerprint density at radius 1 is 1.03 bits per heavy atom. The van der Waals surface area contributed by atoms with Crippen LogP contribution in [0.2, 0.25) is 0 Å². The summed E-state index contributed by atoms with van der Waals surface area (Å²) in [6.45, 7) is 3.07. The summed E-state index contributed by atoms with van der Waals surface area (Å²) in [6, 6.07) is 11.3. The first kappa shape index (κ1) is 21.6. The predicted octanol–water partition coefficient (Wildman–Crippen LogP) is 1.24. The third-order valence-electron chi connectivity index (χ3n) is 5.04. The largest absolute Gasteiger partial charge is 0.454 e. The lowest BCUT2D eigenvalue weighted by Crippen LogP contribution is -2.51. The quantitative estimate of drug-likeness (QED) is 0.515. The van der Waals surface area contributed by atoms with Crippen molar-refractivity contribution < 1.29 is 19.1 Å². The second-order valence-electron chi connectivity index (χ2n) is 7.32. The van der Waals surface area contributed by atoms with Gasteiger partial charge in [-0.1, -0.05) is 35.9 Å². The molecule has 3 heterocycles. The molecule has 0 unspecified atom stereocenters. The van der Waals surface area contributed by atoms with Gasteiger partial charge in [-0.25, -0.2) is 4.79 Å². The molecule has 2 amide bonds. The number of benzene rings is 1. The number of aryl methyl sites for hydroxylation is 1. The van der Waals surface area contributed by atoms with Crippen LogP contribution in [0.15, 0.2) is 41.8 Å². The van der Waals surface area contributed by atoms with Gasteiger partial charge in [0.05, 0.1) is 4.88 Å². The van der Waals surface area contributed by atoms with Crippen LogP contribution in [0.1, 0.15) is 15.2 Å². The molecule has 0 N–H and O–H groups in total. The first-order valence-electron chi connectivity index (χ1n) is 10.1. The molecule has 0 radical (unpaired) electrons. The number of hydrogen-bond donors (Lipinski definition) is 0. The number of hydrogen-bond acceptors (Lipinski definition) is 8. The SMILES string of the molecule is Cc1ccc(-c2nnn(CC(=O)OCC(=O)N3CCN(C(=O)c4cccs4)CC3)n2)cc1. The van der Waals surface area contributed by atoms with Crippen LogP contribution < -0.4 is 0 Å². The molecule has 1 aliphatic rings. The van der Waals surface area contributed by atoms with E-state index in [1.54, 1.807) is 15.9 Å². The van der Waals surface area contributed by atoms with Gasteiger partial charge < -0.3 is 14.5 Å². The third-order valence-corrected chi connectivity index (χ3v) is 5.90. The first-order chi connectivity index (χ1) is 15.5. The molecule has 3 aromatic rings. The Hall–Kier alpha value is -3.60. The lowest BCUT2D eigenvalue weighted by atomic mass is 10.1. The van der Waals surface area contributed by atoms with Crippen molar-refractivity contribution in [3.05, 3.63) is 52.2 Å². The molecule has 166 valence electrons. The van der Waals surface area contributed by atoms with Crippen molar-refractivity contribution in [2.75, 3.05) is 32.8 Å². The maximum Gasteiger partial charge on any atom is 0.330 e. The Morgan fingerprint density at radius 2 is 1.75 bits per heavy atom. The average Bonchev–Trinajstić information content (AvgIpc) is 3.50. The molecular formula is C21H22N6O4S. The number of carbonyl (C=O) groups is 3. The Morgan fingerprint density at radius 3 is 2.44 bits per heavy atom. The maximum atomic E-state index is 12.4. The van der Waals surface area contributed by atoms with Gasteiger partial charge in [-0.2, -0.15) is 4.80 Å². The molecule has 0 spiro atoms. The van der Waals surface area contributed by atoms with E-state index in [4.69, 9.17) is 4.74 Å². The summed E-state index contributed by atoms with van der Waals surface area (Å²) in [6.07, 6.45) is 0. The minimum Gasteiger partial charge on any atom is -0.454 e. The molecule has 1 aromatic carbocycles. The molecule has 2 aromatic heterocycles. The average molecular weight is 455 g/mol. The number of piperazine rings is 1. The summed E-state index contributed by atoms with van der Waals surface area (Å²) in [5, 5.41) is 13.8. The Bertz CT molecular complexity index is 1090. The number of aromatic nitrogens is 4. The molecule has 11 heteroatoms. The van der Waals surface area contributed by atoms with E-state index in [1.807, 2.05) is 42.6 Å². The summed E-state index contributed by atoms with van der Waals surface area (Å²) < 4.78 is 5.09. The lowest BCUT2D eigenvalue weighted by molar-refractivity contribution is -0.153. The first-order valence-corrected chi connectivity index (χ1v) is 11.0. The summed E-state index contributed by atoms with van der Waals surface area (Å²) in [4.78, 5) is 42.0. The molecule has 4 rings (SSSR count). The normalized spacial score (nSPS) is 13.8. The number of amides is 2. The fourth-order valence-corrected chi connectivity index (χ4v) is 3.93. The molecule has 10 nitrogen and oxygen atoms in total. The number of nitrogens with zero attached hydrogens (tertiary/aromatic N) is 6. The maximum absolute atomic E-state index is 12.4. The van der Waals surface area contributed by atoms with Crippen LogP contribution in [0.25, 0.3) is 11.4 Å². The van der Waals surface area contributed by atoms with Crippen LogP contribution in [-0.2, 0) is 20.9 Å². The topological polar surface area (TPSA) is 111 Å². The highest BCUT2D eigenvalue weighted by Gasteiger charge is 2.26. The van der Waals surface area contributed by atoms with E-state index in [0.29, 0.717) is 36.9 Å². The Kier molecular flexibility index (Phi) is 6.55. The van der Waals surface area contributed by atoms with Crippen molar-refractivity contribution >= 4 is 29.1 Å². The van der Waals surface area contributed by atoms with Gasteiger partial charge in [0.25, 0.3) is 11.8 Å². The fraction of sp³-hybridized carbons (Fsp3) is 0.333. The van der Waals surface area contributed by atoms with Gasteiger partial charge in [0.2, 0.25) is 5.82 Å². The van der Waals surface area contributed by atoms with Gasteiger partial charge >= 0.3 is 5.97 Å². The molecule has 0 saturated carbocycles. The van der Waals surface area contributed by atoms with Gasteiger partial charge in [-0.3, -0.25) is 9.59 Å². The third kappa shape index (κ3) is 5.17. The number of thiophene rings is 1. The number of carbonyl (C=O) groups excluding carboxylic acids is 3. The predicted molar refractivity (Wildman–Crippen MR) is 116 cm³/mol. The number of tetrazole rings is 1. The highest BCUT2D eigenvalue weighted by Crippen LogP contribution is 2.15. The minimum absolute atomic E-state index is 0.0242. The van der Waals surface area contributed by atoms with E-state index in [9.17, 15) is 14.4 Å². The zero-order valence-corrected chi connectivity index (χ0v) is 18.3. The van der Waals surface area contributed by atoms with Crippen molar-refractivity contribution in [2.24, 2.45) is 0 Å². The van der Waals surface area contributed by atoms with Gasteiger partial charge in [0.15, 0.2) is 13.2 Å². The van der Waals surface area contributed by atoms with Crippen molar-refractivity contribution in [2.45, 2.75) is 13.5 Å². The highest BCUT2D eigenvalue weighted by molar-refractivity contribution is 7.12. The molecule has 0 bridgehead atoms. The smallest absolute Gasteiger partial charge is 0.330 e. The second-order valence-corrected chi connectivity index (χ2v) is 8.27. The summed E-state index contributed by atoms with van der Waals surface area (Å²) in [5.41, 5.74) is 1.91. The number of esters is 1. The molecule has 1 aliphatic heterocycles. The standard InChI is InChI=1S/C21H22N6O4S/c1-15-4-6-16(7-5-15)20-22-24-27(23-20)13-19(29)31-14-18(28)25-8-10-26(11-9-25)21(30)17-3-2-12-32-17/h2-7,12H,8-11,13-14H2,1H3. The zero-order chi connectivity index (χ0) is 22.5. The van der Waals surface area contributed by atoms with E-state index in [1.165, 1.54) is 11.3 Å². The van der Waals surface area contributed by atoms with E-state index < -0.39 is 5.97 Å². The van der Waals surface area contributed by atoms with Crippen LogP contribution in [0.4, 0.5) is 0 Å². The van der Waals surface area contributed by atoms with Gasteiger partial charge in [-0.15, -0.1) is 21.5 Å². The Balaban J connectivity index is 1.21. The van der Waals surface area contributed by atoms with Crippen molar-refractivity contribution in [1.29, 1.82) is 0 Å². The van der Waals surface area contributed by atoms with Crippen LogP contribution >= 0.6 is 11.3 Å². The van der Waals surface area contributed by atoms with Gasteiger partial charge in [-0.05, 0) is 23.6 Å². The molecule has 0 aliphatic carbocycles. The minimum atomic E-state index is -0.627. The second kappa shape index (κ2) is 9.69. The molecule has 1 fully saturated rings. The van der Waals surface area contributed by atoms with Crippen molar-refractivity contribution in [3.8, 4) is 11.4 Å². The summed E-state index contributed by atoms with van der Waals surface area (Å²) in [5.74, 6) is -0.543. The van der Waals surface area contributed by atoms with Crippen LogP contribution in [0.5, 0.6) is 0 Å². The highest BCUT2D eigenvalue weighted by atomic mass is 32.1. The van der Waals surface area contributed by atoms with Gasteiger partial charge in [0.1, 0.15) is 0 Å². The molecule has 0 atom stereocenters. The van der Waals surface area contributed by atoms with Gasteiger partial charge in [0, 0.05) is 31.7 Å². The molecule has 32 heavy (non-hydrogen) atoms. The van der Waals surface area contributed by atoms with E-state index in [0.717, 1.165) is 15.9 Å². The van der Waals surface area contributed by atoms with Crippen molar-refractivity contribution in [1.82, 2.24) is 30.0 Å². The molecule has 1 saturated heterocycles. The monoisotopic (exact) mass is 454 g/mol. The van der Waals surface area contributed by atoms with Crippen LogP contribution in [0.3, 0.4) is 0 Å². The number of ether oxygens (including phenoxy) is 1. The van der Waals surface area contributed by atoms with E-state index >= 15 is 0 Å². The van der Waals surface area contributed by atoms with E-state index in [-0.39, 0.29) is 25.0 Å². The van der Waals surface area contributed by atoms with Crippen LogP contribution in [-0.4, -0.2) is 80.6 Å². The Labute approximate surface area is 188 Å². The molecular weight excluding hydrogens is 432 g/mol. The summed E-state index contributed by atoms with van der Waals surface area (Å²) in [7, 11) is 0. The fourth-order valence-electron chi connectivity index (χ4n) is 3.24. The summed E-state index contributed by atoms with van der Waals surface area (Å²) >= 11 is 1.40. The zero-order valence-electron chi connectivity index (χ0n) is 17.5. The van der Waals surface area contributed by atoms with E-state index in [2.05, 4.69) is 15.4 Å². The lowest BCUT2D eigenvalue weighted by Gasteiger charge is -2.34. The van der Waals surface area contributed by atoms with Crippen molar-refractivity contribution in [3.63, 3.8) is 0 Å².